The van der Waals surface area contributed by atoms with Crippen LogP contribution in [0.25, 0.3) is 0 Å². The zero-order chi connectivity index (χ0) is 16.6. The molecule has 1 heterocycles. The van der Waals surface area contributed by atoms with Crippen molar-refractivity contribution >= 4 is 27.5 Å². The maximum absolute atomic E-state index is 12.7. The van der Waals surface area contributed by atoms with E-state index in [0.29, 0.717) is 12.2 Å². The number of sulfone groups is 1. The van der Waals surface area contributed by atoms with Crippen LogP contribution in [0.2, 0.25) is 0 Å². The third kappa shape index (κ3) is 4.10. The number of aryl methyl sites for hydroxylation is 2. The molecule has 0 N–H and O–H groups in total. The number of benzene rings is 1. The second-order valence-electron chi connectivity index (χ2n) is 6.65. The standard InChI is InChI=1S/C17H23NO3S2/c1-12-3-6-16(13(2)9-12)22-10-17(19)18(14-4-5-14)15-7-8-23(20,21)11-15/h3,6,9,14-15H,4-5,7-8,10-11H2,1-2H3. The van der Waals surface area contributed by atoms with Crippen molar-refractivity contribution in [2.75, 3.05) is 17.3 Å². The highest BCUT2D eigenvalue weighted by Gasteiger charge is 2.41. The number of thioether (sulfide) groups is 1. The lowest BCUT2D eigenvalue weighted by Gasteiger charge is -2.28. The van der Waals surface area contributed by atoms with Crippen LogP contribution in [0.3, 0.4) is 0 Å². The second-order valence-corrected chi connectivity index (χ2v) is 9.89. The van der Waals surface area contributed by atoms with Gasteiger partial charge in [0.15, 0.2) is 9.84 Å². The number of amides is 1. The van der Waals surface area contributed by atoms with Crippen LogP contribution in [0.4, 0.5) is 0 Å². The molecule has 126 valence electrons. The SMILES string of the molecule is Cc1ccc(SCC(=O)N(C2CC2)C2CCS(=O)(=O)C2)c(C)c1. The zero-order valence-corrected chi connectivity index (χ0v) is 15.3. The van der Waals surface area contributed by atoms with Gasteiger partial charge in [-0.25, -0.2) is 8.42 Å². The van der Waals surface area contributed by atoms with Crippen molar-refractivity contribution in [1.82, 2.24) is 4.90 Å². The van der Waals surface area contributed by atoms with Crippen LogP contribution >= 0.6 is 11.8 Å². The van der Waals surface area contributed by atoms with Gasteiger partial charge in [0.25, 0.3) is 0 Å². The number of hydrogen-bond donors (Lipinski definition) is 0. The van der Waals surface area contributed by atoms with E-state index in [1.807, 2.05) is 4.90 Å². The summed E-state index contributed by atoms with van der Waals surface area (Å²) in [7, 11) is -2.96. The van der Waals surface area contributed by atoms with Gasteiger partial charge in [0, 0.05) is 17.0 Å². The molecule has 3 rings (SSSR count). The molecule has 0 radical (unpaired) electrons. The molecule has 1 saturated heterocycles. The van der Waals surface area contributed by atoms with Gasteiger partial charge in [0.2, 0.25) is 5.91 Å². The average Bonchev–Trinajstić information content (AvgIpc) is 3.22. The number of rotatable bonds is 5. The highest BCUT2D eigenvalue weighted by molar-refractivity contribution is 8.00. The Bertz CT molecular complexity index is 711. The predicted molar refractivity (Wildman–Crippen MR) is 93.6 cm³/mol. The first-order chi connectivity index (χ1) is 10.9. The molecule has 1 unspecified atom stereocenters. The molecule has 1 aromatic rings. The van der Waals surface area contributed by atoms with Gasteiger partial charge in [-0.2, -0.15) is 0 Å². The van der Waals surface area contributed by atoms with Crippen molar-refractivity contribution in [3.63, 3.8) is 0 Å². The van der Waals surface area contributed by atoms with Gasteiger partial charge in [-0.3, -0.25) is 4.79 Å². The second kappa shape index (κ2) is 6.48. The summed E-state index contributed by atoms with van der Waals surface area (Å²) in [6.45, 7) is 4.12. The van der Waals surface area contributed by atoms with Gasteiger partial charge in [-0.1, -0.05) is 17.7 Å². The Morgan fingerprint density at radius 1 is 1.22 bits per heavy atom. The van der Waals surface area contributed by atoms with Crippen LogP contribution in [-0.2, 0) is 14.6 Å². The summed E-state index contributed by atoms with van der Waals surface area (Å²) in [6.07, 6.45) is 2.62. The fourth-order valence-corrected chi connectivity index (χ4v) is 5.82. The van der Waals surface area contributed by atoms with Gasteiger partial charge in [0.05, 0.1) is 17.3 Å². The van der Waals surface area contributed by atoms with E-state index >= 15 is 0 Å². The van der Waals surface area contributed by atoms with Crippen molar-refractivity contribution in [3.05, 3.63) is 29.3 Å². The largest absolute Gasteiger partial charge is 0.335 e. The van der Waals surface area contributed by atoms with E-state index in [1.54, 1.807) is 11.8 Å². The third-order valence-corrected chi connectivity index (χ3v) is 7.42. The van der Waals surface area contributed by atoms with Gasteiger partial charge >= 0.3 is 0 Å². The Balaban J connectivity index is 1.65. The average molecular weight is 354 g/mol. The highest BCUT2D eigenvalue weighted by Crippen LogP contribution is 2.33. The van der Waals surface area contributed by atoms with Gasteiger partial charge in [-0.15, -0.1) is 11.8 Å². The molecule has 1 aliphatic carbocycles. The first-order valence-electron chi connectivity index (χ1n) is 8.07. The summed E-state index contributed by atoms with van der Waals surface area (Å²) in [4.78, 5) is 15.7. The lowest BCUT2D eigenvalue weighted by atomic mass is 10.2. The summed E-state index contributed by atoms with van der Waals surface area (Å²) >= 11 is 1.56. The van der Waals surface area contributed by atoms with E-state index in [1.165, 1.54) is 11.1 Å². The van der Waals surface area contributed by atoms with E-state index < -0.39 is 9.84 Å². The highest BCUT2D eigenvalue weighted by atomic mass is 32.2. The molecule has 1 amide bonds. The molecule has 6 heteroatoms. The van der Waals surface area contributed by atoms with Crippen molar-refractivity contribution in [3.8, 4) is 0 Å². The van der Waals surface area contributed by atoms with Gasteiger partial charge < -0.3 is 4.90 Å². The minimum absolute atomic E-state index is 0.0829. The summed E-state index contributed by atoms with van der Waals surface area (Å²) < 4.78 is 23.4. The third-order valence-electron chi connectivity index (χ3n) is 4.51. The number of carbonyl (C=O) groups is 1. The Morgan fingerprint density at radius 2 is 1.96 bits per heavy atom. The van der Waals surface area contributed by atoms with E-state index in [2.05, 4.69) is 32.0 Å². The fraction of sp³-hybridized carbons (Fsp3) is 0.588. The number of carbonyl (C=O) groups excluding carboxylic acids is 1. The lowest BCUT2D eigenvalue weighted by molar-refractivity contribution is -0.130. The molecule has 4 nitrogen and oxygen atoms in total. The molecular weight excluding hydrogens is 330 g/mol. The monoisotopic (exact) mass is 353 g/mol. The molecule has 1 atom stereocenters. The first-order valence-corrected chi connectivity index (χ1v) is 10.9. The summed E-state index contributed by atoms with van der Waals surface area (Å²) in [5, 5.41) is 0. The molecule has 1 aliphatic heterocycles. The van der Waals surface area contributed by atoms with Gasteiger partial charge in [-0.05, 0) is 44.7 Å². The molecule has 1 saturated carbocycles. The van der Waals surface area contributed by atoms with E-state index in [4.69, 9.17) is 0 Å². The van der Waals surface area contributed by atoms with Crippen molar-refractivity contribution in [2.24, 2.45) is 0 Å². The van der Waals surface area contributed by atoms with Crippen molar-refractivity contribution < 1.29 is 13.2 Å². The van der Waals surface area contributed by atoms with Crippen LogP contribution in [0.5, 0.6) is 0 Å². The maximum Gasteiger partial charge on any atom is 0.233 e. The molecule has 23 heavy (non-hydrogen) atoms. The minimum atomic E-state index is -2.96. The zero-order valence-electron chi connectivity index (χ0n) is 13.6. The molecule has 0 bridgehead atoms. The van der Waals surface area contributed by atoms with Crippen LogP contribution in [-0.4, -0.2) is 48.6 Å². The number of nitrogens with zero attached hydrogens (tertiary/aromatic N) is 1. The molecule has 0 spiro atoms. The molecule has 2 fully saturated rings. The molecular formula is C17H23NO3S2. The normalized spacial score (nSPS) is 23.0. The van der Waals surface area contributed by atoms with E-state index in [-0.39, 0.29) is 29.5 Å². The van der Waals surface area contributed by atoms with Crippen molar-refractivity contribution in [1.29, 1.82) is 0 Å². The molecule has 1 aromatic carbocycles. The van der Waals surface area contributed by atoms with E-state index in [9.17, 15) is 13.2 Å². The molecule has 2 aliphatic rings. The quantitative estimate of drug-likeness (QED) is 0.764. The molecule has 0 aromatic heterocycles. The van der Waals surface area contributed by atoms with Gasteiger partial charge in [0.1, 0.15) is 0 Å². The van der Waals surface area contributed by atoms with Crippen LogP contribution in [0.1, 0.15) is 30.4 Å². The summed E-state index contributed by atoms with van der Waals surface area (Å²) in [6, 6.07) is 6.39. The van der Waals surface area contributed by atoms with Crippen LogP contribution in [0, 0.1) is 13.8 Å². The Kier molecular flexibility index (Phi) is 4.74. The summed E-state index contributed by atoms with van der Waals surface area (Å²) in [5.41, 5.74) is 2.40. The van der Waals surface area contributed by atoms with Crippen LogP contribution in [0.15, 0.2) is 23.1 Å². The predicted octanol–water partition coefficient (Wildman–Crippen LogP) is 2.57. The smallest absolute Gasteiger partial charge is 0.233 e. The summed E-state index contributed by atoms with van der Waals surface area (Å²) in [5.74, 6) is 0.832. The topological polar surface area (TPSA) is 54.5 Å². The van der Waals surface area contributed by atoms with Crippen LogP contribution < -0.4 is 0 Å². The van der Waals surface area contributed by atoms with Crippen molar-refractivity contribution in [2.45, 2.75) is 50.1 Å². The Morgan fingerprint density at radius 3 is 2.52 bits per heavy atom. The Hall–Kier alpha value is -1.01. The maximum atomic E-state index is 12.7. The lowest BCUT2D eigenvalue weighted by Crippen LogP contribution is -2.43. The fourth-order valence-electron chi connectivity index (χ4n) is 3.23. The first kappa shape index (κ1) is 16.8. The number of hydrogen-bond acceptors (Lipinski definition) is 4. The Labute approximate surface area is 142 Å². The minimum Gasteiger partial charge on any atom is -0.335 e. The van der Waals surface area contributed by atoms with E-state index in [0.717, 1.165) is 17.7 Å².